The van der Waals surface area contributed by atoms with Gasteiger partial charge in [-0.15, -0.1) is 10.2 Å². The van der Waals surface area contributed by atoms with Crippen LogP contribution in [0.1, 0.15) is 22.5 Å². The van der Waals surface area contributed by atoms with Gasteiger partial charge in [-0.3, -0.25) is 0 Å². The molecule has 1 aliphatic heterocycles. The molecular weight excluding hydrogens is 392 g/mol. The van der Waals surface area contributed by atoms with E-state index in [0.717, 1.165) is 21.3 Å². The van der Waals surface area contributed by atoms with Crippen molar-refractivity contribution in [2.24, 2.45) is 0 Å². The average molecular weight is 410 g/mol. The molecule has 0 saturated carbocycles. The summed E-state index contributed by atoms with van der Waals surface area (Å²) < 4.78 is 24.3. The zero-order chi connectivity index (χ0) is 19.8. The maximum absolute atomic E-state index is 6.05. The predicted molar refractivity (Wildman–Crippen MR) is 106 cm³/mol. The van der Waals surface area contributed by atoms with Crippen LogP contribution in [0.5, 0.6) is 23.0 Å². The largest absolute Gasteiger partial charge is 0.493 e. The van der Waals surface area contributed by atoms with Crippen LogP contribution in [0.3, 0.4) is 0 Å². The van der Waals surface area contributed by atoms with Gasteiger partial charge in [-0.05, 0) is 29.8 Å². The molecule has 0 N–H and O–H groups in total. The Balaban J connectivity index is 1.41. The molecule has 0 bridgehead atoms. The van der Waals surface area contributed by atoms with Crippen molar-refractivity contribution in [1.82, 2.24) is 19.8 Å². The number of rotatable bonds is 5. The first-order valence-electron chi connectivity index (χ1n) is 9.05. The number of aromatic nitrogens is 4. The molecule has 148 valence electrons. The van der Waals surface area contributed by atoms with E-state index >= 15 is 0 Å². The number of methoxy groups -OCH3 is 2. The molecule has 3 heterocycles. The Morgan fingerprint density at radius 1 is 1.07 bits per heavy atom. The van der Waals surface area contributed by atoms with Crippen LogP contribution < -0.4 is 18.9 Å². The first-order valence-corrected chi connectivity index (χ1v) is 9.87. The van der Waals surface area contributed by atoms with Crippen molar-refractivity contribution in [3.8, 4) is 23.0 Å². The first kappa shape index (κ1) is 17.7. The van der Waals surface area contributed by atoms with E-state index in [2.05, 4.69) is 10.2 Å². The van der Waals surface area contributed by atoms with Crippen molar-refractivity contribution >= 4 is 16.3 Å². The molecule has 0 unspecified atom stereocenters. The number of fused-ring (bicyclic) bond motifs is 2. The van der Waals surface area contributed by atoms with Gasteiger partial charge in [0.1, 0.15) is 11.6 Å². The molecule has 1 atom stereocenters. The molecule has 0 spiro atoms. The fraction of sp³-hybridized carbons (Fsp3) is 0.250. The van der Waals surface area contributed by atoms with E-state index in [-0.39, 0.29) is 6.10 Å². The molecule has 1 aliphatic rings. The lowest BCUT2D eigenvalue weighted by molar-refractivity contribution is 0.0836. The lowest BCUT2D eigenvalue weighted by Gasteiger charge is -2.24. The van der Waals surface area contributed by atoms with Gasteiger partial charge in [0, 0.05) is 6.42 Å². The van der Waals surface area contributed by atoms with Crippen molar-refractivity contribution in [3.05, 3.63) is 58.9 Å². The molecule has 4 aromatic rings. The zero-order valence-electron chi connectivity index (χ0n) is 15.9. The summed E-state index contributed by atoms with van der Waals surface area (Å²) in [4.78, 5) is 0.720. The summed E-state index contributed by atoms with van der Waals surface area (Å²) in [6.07, 6.45) is 0.287. The van der Waals surface area contributed by atoms with E-state index in [0.29, 0.717) is 36.1 Å². The van der Waals surface area contributed by atoms with Crippen molar-refractivity contribution in [3.63, 3.8) is 0 Å². The number of para-hydroxylation sites is 2. The Kier molecular flexibility index (Phi) is 4.44. The third kappa shape index (κ3) is 3.23. The molecule has 2 aromatic heterocycles. The monoisotopic (exact) mass is 410 g/mol. The van der Waals surface area contributed by atoms with Crippen LogP contribution in [0.25, 0.3) is 4.96 Å². The maximum Gasteiger partial charge on any atom is 0.234 e. The van der Waals surface area contributed by atoms with E-state index in [1.54, 1.807) is 18.7 Å². The Bertz CT molecular complexity index is 1170. The number of nitrogens with zero attached hydrogens (tertiary/aromatic N) is 4. The van der Waals surface area contributed by atoms with Gasteiger partial charge in [0.25, 0.3) is 0 Å². The second-order valence-electron chi connectivity index (χ2n) is 6.48. The van der Waals surface area contributed by atoms with Crippen LogP contribution in [0.4, 0.5) is 0 Å². The molecule has 9 heteroatoms. The number of hydrogen-bond acceptors (Lipinski definition) is 8. The minimum absolute atomic E-state index is 0.361. The van der Waals surface area contributed by atoms with Gasteiger partial charge in [-0.2, -0.15) is 9.61 Å². The quantitative estimate of drug-likeness (QED) is 0.499. The predicted octanol–water partition coefficient (Wildman–Crippen LogP) is 3.31. The van der Waals surface area contributed by atoms with Crippen LogP contribution in [0.15, 0.2) is 42.5 Å². The van der Waals surface area contributed by atoms with E-state index < -0.39 is 0 Å². The normalized spacial score (nSPS) is 15.4. The molecule has 0 saturated heterocycles. The fourth-order valence-electron chi connectivity index (χ4n) is 3.26. The maximum atomic E-state index is 6.05. The summed E-state index contributed by atoms with van der Waals surface area (Å²) in [5, 5.41) is 14.1. The van der Waals surface area contributed by atoms with Crippen LogP contribution in [-0.4, -0.2) is 40.6 Å². The molecule has 0 radical (unpaired) electrons. The zero-order valence-corrected chi connectivity index (χ0v) is 16.7. The van der Waals surface area contributed by atoms with Crippen molar-refractivity contribution in [2.45, 2.75) is 12.5 Å². The highest BCUT2D eigenvalue weighted by Gasteiger charge is 2.28. The Morgan fingerprint density at radius 2 is 1.90 bits per heavy atom. The highest BCUT2D eigenvalue weighted by Crippen LogP contribution is 2.36. The highest BCUT2D eigenvalue weighted by molar-refractivity contribution is 7.16. The molecule has 29 heavy (non-hydrogen) atoms. The number of hydrogen-bond donors (Lipinski definition) is 0. The van der Waals surface area contributed by atoms with Crippen LogP contribution in [-0.2, 0) is 6.42 Å². The number of benzene rings is 2. The lowest BCUT2D eigenvalue weighted by Crippen LogP contribution is -2.23. The van der Waals surface area contributed by atoms with E-state index in [1.807, 2.05) is 42.5 Å². The van der Waals surface area contributed by atoms with Crippen LogP contribution in [0.2, 0.25) is 0 Å². The molecule has 5 rings (SSSR count). The van der Waals surface area contributed by atoms with Gasteiger partial charge in [0.2, 0.25) is 4.96 Å². The standard InChI is InChI=1S/C20H18N4O4S/c1-25-13-8-7-12(9-16(13)26-2)10-18-23-24-19(21-22-20(24)29-18)17-11-27-14-5-3-4-6-15(14)28-17/h3-9,17H,10-11H2,1-2H3/t17-/m0/s1. The SMILES string of the molecule is COc1ccc(Cc2nn3c([C@@H]4COc5ccccc5O4)nnc3s2)cc1OC. The topological polar surface area (TPSA) is 80.0 Å². The second kappa shape index (κ2) is 7.25. The van der Waals surface area contributed by atoms with Gasteiger partial charge in [-0.25, -0.2) is 0 Å². The minimum atomic E-state index is -0.365. The van der Waals surface area contributed by atoms with Gasteiger partial charge in [-0.1, -0.05) is 29.5 Å². The lowest BCUT2D eigenvalue weighted by atomic mass is 10.1. The third-order valence-electron chi connectivity index (χ3n) is 4.66. The van der Waals surface area contributed by atoms with Crippen molar-refractivity contribution in [1.29, 1.82) is 0 Å². The molecular formula is C20H18N4O4S. The summed E-state index contributed by atoms with van der Waals surface area (Å²) in [7, 11) is 3.25. The van der Waals surface area contributed by atoms with Gasteiger partial charge >= 0.3 is 0 Å². The van der Waals surface area contributed by atoms with Gasteiger partial charge < -0.3 is 18.9 Å². The summed E-state index contributed by atoms with van der Waals surface area (Å²) >= 11 is 1.50. The summed E-state index contributed by atoms with van der Waals surface area (Å²) in [6, 6.07) is 13.4. The van der Waals surface area contributed by atoms with E-state index in [9.17, 15) is 0 Å². The third-order valence-corrected chi connectivity index (χ3v) is 5.56. The smallest absolute Gasteiger partial charge is 0.234 e. The van der Waals surface area contributed by atoms with Crippen molar-refractivity contribution in [2.75, 3.05) is 20.8 Å². The Labute approximate surface area is 170 Å². The molecule has 2 aromatic carbocycles. The van der Waals surface area contributed by atoms with E-state index in [4.69, 9.17) is 24.0 Å². The average Bonchev–Trinajstić information content (AvgIpc) is 3.33. The van der Waals surface area contributed by atoms with E-state index in [1.165, 1.54) is 11.3 Å². The summed E-state index contributed by atoms with van der Waals surface area (Å²) in [5.41, 5.74) is 1.07. The molecule has 0 amide bonds. The van der Waals surface area contributed by atoms with Gasteiger partial charge in [0.05, 0.1) is 14.2 Å². The van der Waals surface area contributed by atoms with Crippen LogP contribution >= 0.6 is 11.3 Å². The Morgan fingerprint density at radius 3 is 2.72 bits per heavy atom. The second-order valence-corrected chi connectivity index (χ2v) is 7.52. The highest BCUT2D eigenvalue weighted by atomic mass is 32.1. The fourth-order valence-corrected chi connectivity index (χ4v) is 4.13. The first-order chi connectivity index (χ1) is 14.2. The summed E-state index contributed by atoms with van der Waals surface area (Å²) in [5.74, 6) is 3.45. The molecule has 0 fully saturated rings. The molecule has 0 aliphatic carbocycles. The van der Waals surface area contributed by atoms with Crippen LogP contribution in [0, 0.1) is 0 Å². The molecule has 8 nitrogen and oxygen atoms in total. The van der Waals surface area contributed by atoms with Crippen molar-refractivity contribution < 1.29 is 18.9 Å². The minimum Gasteiger partial charge on any atom is -0.493 e. The summed E-state index contributed by atoms with van der Waals surface area (Å²) in [6.45, 7) is 0.361. The Hall–Kier alpha value is -3.33. The van der Waals surface area contributed by atoms with Gasteiger partial charge in [0.15, 0.2) is 34.9 Å². The number of ether oxygens (including phenoxy) is 4.